The first-order valence-electron chi connectivity index (χ1n) is 7.95. The number of sulfonamides is 1. The number of nitrogens with zero attached hydrogens (tertiary/aromatic N) is 3. The maximum absolute atomic E-state index is 12.9. The highest BCUT2D eigenvalue weighted by atomic mass is 32.2. The van der Waals surface area contributed by atoms with Crippen molar-refractivity contribution >= 4 is 21.4 Å². The van der Waals surface area contributed by atoms with Crippen molar-refractivity contribution in [2.75, 3.05) is 31.1 Å². The minimum Gasteiger partial charge on any atom is -0.369 e. The zero-order valence-electron chi connectivity index (χ0n) is 13.8. The number of benzene rings is 2. The van der Waals surface area contributed by atoms with E-state index in [9.17, 15) is 18.5 Å². The van der Waals surface area contributed by atoms with Gasteiger partial charge >= 0.3 is 0 Å². The molecule has 0 N–H and O–H groups in total. The molecule has 2 aromatic carbocycles. The van der Waals surface area contributed by atoms with Crippen molar-refractivity contribution in [2.24, 2.45) is 0 Å². The molecule has 8 heteroatoms. The van der Waals surface area contributed by atoms with Crippen molar-refractivity contribution in [1.82, 2.24) is 4.31 Å². The Labute approximate surface area is 146 Å². The van der Waals surface area contributed by atoms with Crippen molar-refractivity contribution < 1.29 is 13.3 Å². The first-order valence-corrected chi connectivity index (χ1v) is 9.39. The predicted octanol–water partition coefficient (Wildman–Crippen LogP) is 2.41. The van der Waals surface area contributed by atoms with E-state index in [1.807, 2.05) is 30.3 Å². The molecule has 0 aromatic heterocycles. The Balaban J connectivity index is 1.81. The number of piperazine rings is 1. The van der Waals surface area contributed by atoms with Crippen LogP contribution in [0.15, 0.2) is 53.4 Å². The molecule has 1 aliphatic rings. The highest BCUT2D eigenvalue weighted by Gasteiger charge is 2.30. The van der Waals surface area contributed by atoms with Crippen LogP contribution in [-0.4, -0.2) is 43.8 Å². The molecule has 0 saturated carbocycles. The summed E-state index contributed by atoms with van der Waals surface area (Å²) in [5, 5.41) is 11.0. The van der Waals surface area contributed by atoms with Gasteiger partial charge in [0.05, 0.1) is 9.82 Å². The average Bonchev–Trinajstić information content (AvgIpc) is 2.62. The summed E-state index contributed by atoms with van der Waals surface area (Å²) in [5.41, 5.74) is 1.36. The number of hydrogen-bond acceptors (Lipinski definition) is 5. The lowest BCUT2D eigenvalue weighted by Crippen LogP contribution is -2.48. The summed E-state index contributed by atoms with van der Waals surface area (Å²) >= 11 is 0. The van der Waals surface area contributed by atoms with Crippen LogP contribution in [-0.2, 0) is 10.0 Å². The Morgan fingerprint density at radius 1 is 1.00 bits per heavy atom. The molecule has 1 saturated heterocycles. The standard InChI is InChI=1S/C17H19N3O4S/c1-14-7-8-16(20(21)22)13-17(14)25(23,24)19-11-9-18(10-12-19)15-5-3-2-4-6-15/h2-8,13H,9-12H2,1H3. The van der Waals surface area contributed by atoms with Gasteiger partial charge in [-0.3, -0.25) is 10.1 Å². The predicted molar refractivity (Wildman–Crippen MR) is 95.2 cm³/mol. The smallest absolute Gasteiger partial charge is 0.270 e. The Morgan fingerprint density at radius 2 is 1.64 bits per heavy atom. The first-order chi connectivity index (χ1) is 11.9. The number of non-ortho nitro benzene ring substituents is 1. The van der Waals surface area contributed by atoms with Crippen LogP contribution < -0.4 is 4.90 Å². The van der Waals surface area contributed by atoms with Gasteiger partial charge in [-0.05, 0) is 24.6 Å². The third-order valence-corrected chi connectivity index (χ3v) is 6.40. The molecule has 0 amide bonds. The zero-order chi connectivity index (χ0) is 18.0. The Hall–Kier alpha value is -2.45. The zero-order valence-corrected chi connectivity index (χ0v) is 14.6. The van der Waals surface area contributed by atoms with Gasteiger partial charge in [0.15, 0.2) is 0 Å². The third kappa shape index (κ3) is 3.49. The van der Waals surface area contributed by atoms with Crippen molar-refractivity contribution in [3.05, 3.63) is 64.2 Å². The Bertz CT molecular complexity index is 876. The summed E-state index contributed by atoms with van der Waals surface area (Å²) in [6.45, 7) is 3.50. The summed E-state index contributed by atoms with van der Waals surface area (Å²) in [6, 6.07) is 13.8. The van der Waals surface area contributed by atoms with Gasteiger partial charge < -0.3 is 4.90 Å². The summed E-state index contributed by atoms with van der Waals surface area (Å²) in [5.74, 6) is 0. The van der Waals surface area contributed by atoms with Crippen LogP contribution in [0.1, 0.15) is 5.56 Å². The van der Waals surface area contributed by atoms with E-state index in [-0.39, 0.29) is 10.6 Å². The fourth-order valence-corrected chi connectivity index (χ4v) is 4.61. The summed E-state index contributed by atoms with van der Waals surface area (Å²) in [6.07, 6.45) is 0. The van der Waals surface area contributed by atoms with E-state index in [2.05, 4.69) is 4.90 Å². The van der Waals surface area contributed by atoms with Gasteiger partial charge in [-0.15, -0.1) is 0 Å². The maximum Gasteiger partial charge on any atom is 0.270 e. The molecule has 1 heterocycles. The number of para-hydroxylation sites is 1. The van der Waals surface area contributed by atoms with Crippen molar-refractivity contribution in [2.45, 2.75) is 11.8 Å². The highest BCUT2D eigenvalue weighted by molar-refractivity contribution is 7.89. The van der Waals surface area contributed by atoms with Crippen LogP contribution in [0.5, 0.6) is 0 Å². The molecule has 1 fully saturated rings. The van der Waals surface area contributed by atoms with Crippen molar-refractivity contribution in [3.8, 4) is 0 Å². The lowest BCUT2D eigenvalue weighted by molar-refractivity contribution is -0.385. The second-order valence-corrected chi connectivity index (χ2v) is 7.84. The minimum atomic E-state index is -3.75. The van der Waals surface area contributed by atoms with Gasteiger partial charge in [0.1, 0.15) is 0 Å². The lowest BCUT2D eigenvalue weighted by Gasteiger charge is -2.35. The van der Waals surface area contributed by atoms with Gasteiger partial charge in [-0.25, -0.2) is 8.42 Å². The number of nitro groups is 1. The van der Waals surface area contributed by atoms with Gasteiger partial charge in [0, 0.05) is 44.0 Å². The van der Waals surface area contributed by atoms with Crippen molar-refractivity contribution in [1.29, 1.82) is 0 Å². The molecule has 3 rings (SSSR count). The van der Waals surface area contributed by atoms with Crippen LogP contribution in [0.2, 0.25) is 0 Å². The van der Waals surface area contributed by atoms with Gasteiger partial charge in [0.2, 0.25) is 10.0 Å². The quantitative estimate of drug-likeness (QED) is 0.617. The van der Waals surface area contributed by atoms with E-state index in [1.165, 1.54) is 16.4 Å². The number of aryl methyl sites for hydroxylation is 1. The second kappa shape index (κ2) is 6.81. The van der Waals surface area contributed by atoms with Crippen LogP contribution >= 0.6 is 0 Å². The first kappa shape index (κ1) is 17.4. The van der Waals surface area contributed by atoms with Crippen LogP contribution in [0.25, 0.3) is 0 Å². The van der Waals surface area contributed by atoms with Crippen molar-refractivity contribution in [3.63, 3.8) is 0 Å². The van der Waals surface area contributed by atoms with E-state index in [0.717, 1.165) is 11.8 Å². The van der Waals surface area contributed by atoms with Gasteiger partial charge in [-0.1, -0.05) is 24.3 Å². The van der Waals surface area contributed by atoms with Gasteiger partial charge in [-0.2, -0.15) is 4.31 Å². The Kier molecular flexibility index (Phi) is 4.73. The molecular formula is C17H19N3O4S. The SMILES string of the molecule is Cc1ccc([N+](=O)[O-])cc1S(=O)(=O)N1CCN(c2ccccc2)CC1. The van der Waals surface area contributed by atoms with E-state index < -0.39 is 14.9 Å². The monoisotopic (exact) mass is 361 g/mol. The summed E-state index contributed by atoms with van der Waals surface area (Å²) < 4.78 is 27.2. The van der Waals surface area contributed by atoms with Gasteiger partial charge in [0.25, 0.3) is 5.69 Å². The molecular weight excluding hydrogens is 342 g/mol. The number of anilines is 1. The fraction of sp³-hybridized carbons (Fsp3) is 0.294. The maximum atomic E-state index is 12.9. The van der Waals surface area contributed by atoms with E-state index in [4.69, 9.17) is 0 Å². The minimum absolute atomic E-state index is 0.00913. The summed E-state index contributed by atoms with van der Waals surface area (Å²) in [4.78, 5) is 12.5. The molecule has 7 nitrogen and oxygen atoms in total. The third-order valence-electron chi connectivity index (χ3n) is 4.36. The van der Waals surface area contributed by atoms with Crippen LogP contribution in [0, 0.1) is 17.0 Å². The van der Waals surface area contributed by atoms with Crippen LogP contribution in [0.4, 0.5) is 11.4 Å². The lowest BCUT2D eigenvalue weighted by atomic mass is 10.2. The molecule has 0 unspecified atom stereocenters. The molecule has 2 aromatic rings. The van der Waals surface area contributed by atoms with Crippen LogP contribution in [0.3, 0.4) is 0 Å². The number of rotatable bonds is 4. The number of hydrogen-bond donors (Lipinski definition) is 0. The Morgan fingerprint density at radius 3 is 2.24 bits per heavy atom. The molecule has 25 heavy (non-hydrogen) atoms. The molecule has 1 aliphatic heterocycles. The highest BCUT2D eigenvalue weighted by Crippen LogP contribution is 2.26. The summed E-state index contributed by atoms with van der Waals surface area (Å²) in [7, 11) is -3.75. The topological polar surface area (TPSA) is 83.8 Å². The second-order valence-electron chi connectivity index (χ2n) is 5.93. The molecule has 0 radical (unpaired) electrons. The van der Waals surface area contributed by atoms with E-state index in [0.29, 0.717) is 31.7 Å². The molecule has 132 valence electrons. The molecule has 0 spiro atoms. The van der Waals surface area contributed by atoms with E-state index >= 15 is 0 Å². The number of nitro benzene ring substituents is 1. The van der Waals surface area contributed by atoms with E-state index in [1.54, 1.807) is 6.92 Å². The molecule has 0 atom stereocenters. The largest absolute Gasteiger partial charge is 0.369 e. The molecule has 0 aliphatic carbocycles. The molecule has 0 bridgehead atoms. The fourth-order valence-electron chi connectivity index (χ4n) is 2.94. The average molecular weight is 361 g/mol. The normalized spacial score (nSPS) is 16.0.